The molecule has 30 heavy (non-hydrogen) atoms. The number of carbonyl (C=O) groups excluding carboxylic acids is 2. The van der Waals surface area contributed by atoms with Crippen molar-refractivity contribution in [2.24, 2.45) is 0 Å². The molecule has 0 radical (unpaired) electrons. The molecule has 1 amide bonds. The van der Waals surface area contributed by atoms with E-state index in [0.717, 1.165) is 28.5 Å². The van der Waals surface area contributed by atoms with E-state index in [4.69, 9.17) is 4.74 Å². The highest BCUT2D eigenvalue weighted by Crippen LogP contribution is 2.17. The zero-order valence-electron chi connectivity index (χ0n) is 17.3. The molecule has 0 saturated heterocycles. The first kappa shape index (κ1) is 21.2. The number of pyridine rings is 1. The van der Waals surface area contributed by atoms with E-state index < -0.39 is 5.97 Å². The molecule has 0 aliphatic rings. The Morgan fingerprint density at radius 1 is 1.07 bits per heavy atom. The molecule has 1 N–H and O–H groups in total. The zero-order chi connectivity index (χ0) is 21.3. The predicted octanol–water partition coefficient (Wildman–Crippen LogP) is 4.27. The smallest absolute Gasteiger partial charge is 0.331 e. The fourth-order valence-corrected chi connectivity index (χ4v) is 3.07. The third kappa shape index (κ3) is 6.01. The lowest BCUT2D eigenvalue weighted by Gasteiger charge is -2.08. The third-order valence-corrected chi connectivity index (χ3v) is 4.79. The van der Waals surface area contributed by atoms with Gasteiger partial charge >= 0.3 is 5.97 Å². The van der Waals surface area contributed by atoms with Crippen LogP contribution >= 0.6 is 0 Å². The second-order valence-corrected chi connectivity index (χ2v) is 7.36. The van der Waals surface area contributed by atoms with Crippen molar-refractivity contribution in [2.75, 3.05) is 13.2 Å². The van der Waals surface area contributed by atoms with Gasteiger partial charge in [-0.05, 0) is 35.6 Å². The highest BCUT2D eigenvalue weighted by Gasteiger charge is 2.06. The van der Waals surface area contributed by atoms with Gasteiger partial charge in [0.15, 0.2) is 6.61 Å². The van der Waals surface area contributed by atoms with Crippen molar-refractivity contribution in [1.82, 2.24) is 10.3 Å². The Kier molecular flexibility index (Phi) is 7.33. The van der Waals surface area contributed by atoms with Gasteiger partial charge in [0, 0.05) is 29.8 Å². The predicted molar refractivity (Wildman–Crippen MR) is 119 cm³/mol. The number of carbonyl (C=O) groups is 2. The monoisotopic (exact) mass is 402 g/mol. The standard InChI is InChI=1S/C25H26N2O3/c1-18(2)20-10-8-19(9-11-20)14-16-26-23(28)17-30-24(29)13-12-22-6-3-5-21-7-4-15-27-25(21)22/h3-13,15,18H,14,16-17H2,1-2H3,(H,26,28)/b13-12+. The fourth-order valence-electron chi connectivity index (χ4n) is 3.07. The summed E-state index contributed by atoms with van der Waals surface area (Å²) in [6.07, 6.45) is 5.40. The molecule has 1 aromatic heterocycles. The van der Waals surface area contributed by atoms with Crippen molar-refractivity contribution < 1.29 is 14.3 Å². The topological polar surface area (TPSA) is 68.3 Å². The zero-order valence-corrected chi connectivity index (χ0v) is 17.3. The van der Waals surface area contributed by atoms with Crippen LogP contribution in [0.4, 0.5) is 0 Å². The quantitative estimate of drug-likeness (QED) is 0.451. The van der Waals surface area contributed by atoms with Crippen molar-refractivity contribution in [3.8, 4) is 0 Å². The van der Waals surface area contributed by atoms with Crippen molar-refractivity contribution in [2.45, 2.75) is 26.2 Å². The lowest BCUT2D eigenvalue weighted by molar-refractivity contribution is -0.143. The maximum atomic E-state index is 11.9. The Morgan fingerprint density at radius 3 is 2.60 bits per heavy atom. The van der Waals surface area contributed by atoms with Gasteiger partial charge in [0.05, 0.1) is 5.52 Å². The molecule has 5 nitrogen and oxygen atoms in total. The minimum Gasteiger partial charge on any atom is -0.452 e. The Bertz CT molecular complexity index is 1030. The molecule has 5 heteroatoms. The molecule has 1 heterocycles. The molecular weight excluding hydrogens is 376 g/mol. The summed E-state index contributed by atoms with van der Waals surface area (Å²) in [6.45, 7) is 4.51. The summed E-state index contributed by atoms with van der Waals surface area (Å²) in [4.78, 5) is 28.2. The van der Waals surface area contributed by atoms with Gasteiger partial charge in [-0.25, -0.2) is 4.79 Å². The van der Waals surface area contributed by atoms with E-state index in [-0.39, 0.29) is 12.5 Å². The number of para-hydroxylation sites is 1. The van der Waals surface area contributed by atoms with Gasteiger partial charge in [-0.2, -0.15) is 0 Å². The molecule has 154 valence electrons. The van der Waals surface area contributed by atoms with Crippen LogP contribution in [0.2, 0.25) is 0 Å². The SMILES string of the molecule is CC(C)c1ccc(CCNC(=O)COC(=O)/C=C/c2cccc3cccnc23)cc1. The van der Waals surface area contributed by atoms with Gasteiger partial charge in [-0.1, -0.05) is 62.4 Å². The Balaban J connectivity index is 1.42. The fraction of sp³-hybridized carbons (Fsp3) is 0.240. The molecule has 0 spiro atoms. The van der Waals surface area contributed by atoms with Crippen LogP contribution in [0.3, 0.4) is 0 Å². The molecule has 0 fully saturated rings. The van der Waals surface area contributed by atoms with Crippen molar-refractivity contribution in [3.05, 3.63) is 83.6 Å². The van der Waals surface area contributed by atoms with E-state index in [1.54, 1.807) is 12.3 Å². The largest absolute Gasteiger partial charge is 0.452 e. The summed E-state index contributed by atoms with van der Waals surface area (Å²) in [6, 6.07) is 17.9. The first-order valence-corrected chi connectivity index (χ1v) is 10.1. The van der Waals surface area contributed by atoms with Gasteiger partial charge in [0.2, 0.25) is 0 Å². The summed E-state index contributed by atoms with van der Waals surface area (Å²) in [5, 5.41) is 3.76. The van der Waals surface area contributed by atoms with Gasteiger partial charge in [-0.3, -0.25) is 9.78 Å². The first-order chi connectivity index (χ1) is 14.5. The van der Waals surface area contributed by atoms with E-state index >= 15 is 0 Å². The first-order valence-electron chi connectivity index (χ1n) is 10.1. The number of hydrogen-bond donors (Lipinski definition) is 1. The third-order valence-electron chi connectivity index (χ3n) is 4.79. The number of rotatable bonds is 8. The van der Waals surface area contributed by atoms with Gasteiger partial charge < -0.3 is 10.1 Å². The molecule has 0 bridgehead atoms. The number of benzene rings is 2. The second kappa shape index (κ2) is 10.3. The van der Waals surface area contributed by atoms with E-state index in [1.807, 2.05) is 30.3 Å². The summed E-state index contributed by atoms with van der Waals surface area (Å²) in [5.41, 5.74) is 4.08. The van der Waals surface area contributed by atoms with Crippen LogP contribution in [0, 0.1) is 0 Å². The van der Waals surface area contributed by atoms with E-state index in [0.29, 0.717) is 12.5 Å². The van der Waals surface area contributed by atoms with Crippen LogP contribution in [0.15, 0.2) is 66.9 Å². The lowest BCUT2D eigenvalue weighted by atomic mass is 10.0. The summed E-state index contributed by atoms with van der Waals surface area (Å²) < 4.78 is 5.02. The summed E-state index contributed by atoms with van der Waals surface area (Å²) >= 11 is 0. The molecule has 0 atom stereocenters. The molecular formula is C25H26N2O3. The number of esters is 1. The number of hydrogen-bond acceptors (Lipinski definition) is 4. The number of ether oxygens (including phenoxy) is 1. The van der Waals surface area contributed by atoms with Crippen molar-refractivity contribution in [1.29, 1.82) is 0 Å². The lowest BCUT2D eigenvalue weighted by Crippen LogP contribution is -2.30. The highest BCUT2D eigenvalue weighted by molar-refractivity contribution is 5.93. The van der Waals surface area contributed by atoms with Gasteiger partial charge in [0.25, 0.3) is 5.91 Å². The minimum absolute atomic E-state index is 0.302. The van der Waals surface area contributed by atoms with Crippen LogP contribution < -0.4 is 5.32 Å². The van der Waals surface area contributed by atoms with Crippen molar-refractivity contribution in [3.63, 3.8) is 0 Å². The molecule has 0 aliphatic heterocycles. The van der Waals surface area contributed by atoms with Crippen LogP contribution in [0.1, 0.15) is 36.5 Å². The molecule has 0 unspecified atom stereocenters. The average Bonchev–Trinajstić information content (AvgIpc) is 2.76. The van der Waals surface area contributed by atoms with Crippen LogP contribution in [-0.4, -0.2) is 30.0 Å². The number of fused-ring (bicyclic) bond motifs is 1. The Labute approximate surface area is 176 Å². The molecule has 3 rings (SSSR count). The van der Waals surface area contributed by atoms with Crippen LogP contribution in [-0.2, 0) is 20.7 Å². The molecule has 0 saturated carbocycles. The number of aromatic nitrogens is 1. The van der Waals surface area contributed by atoms with E-state index in [2.05, 4.69) is 48.4 Å². The normalized spacial score (nSPS) is 11.2. The molecule has 2 aromatic carbocycles. The minimum atomic E-state index is -0.567. The number of nitrogens with zero attached hydrogens (tertiary/aromatic N) is 1. The highest BCUT2D eigenvalue weighted by atomic mass is 16.5. The Morgan fingerprint density at radius 2 is 1.83 bits per heavy atom. The van der Waals surface area contributed by atoms with E-state index in [1.165, 1.54) is 11.6 Å². The summed E-state index contributed by atoms with van der Waals surface area (Å²) in [5.74, 6) is -0.385. The Hall–Kier alpha value is -3.47. The molecule has 3 aromatic rings. The summed E-state index contributed by atoms with van der Waals surface area (Å²) in [7, 11) is 0. The van der Waals surface area contributed by atoms with Crippen LogP contribution in [0.25, 0.3) is 17.0 Å². The van der Waals surface area contributed by atoms with E-state index in [9.17, 15) is 9.59 Å². The maximum absolute atomic E-state index is 11.9. The van der Waals surface area contributed by atoms with Crippen LogP contribution in [0.5, 0.6) is 0 Å². The van der Waals surface area contributed by atoms with Crippen molar-refractivity contribution >= 4 is 28.9 Å². The molecule has 0 aliphatic carbocycles. The van der Waals surface area contributed by atoms with Gasteiger partial charge in [-0.15, -0.1) is 0 Å². The number of nitrogens with one attached hydrogen (secondary N) is 1. The second-order valence-electron chi connectivity index (χ2n) is 7.36. The van der Waals surface area contributed by atoms with Gasteiger partial charge in [0.1, 0.15) is 0 Å². The number of amides is 1. The average molecular weight is 402 g/mol. The maximum Gasteiger partial charge on any atom is 0.331 e.